The fourth-order valence-electron chi connectivity index (χ4n) is 0.934. The van der Waals surface area contributed by atoms with Crippen LogP contribution in [0.25, 0.3) is 0 Å². The van der Waals surface area contributed by atoms with E-state index in [0.717, 1.165) is 16.3 Å². The largest absolute Gasteiger partial charge is 0.480 e. The van der Waals surface area contributed by atoms with Crippen LogP contribution in [0.15, 0.2) is 6.20 Å². The molecule has 0 saturated heterocycles. The molecule has 0 fully saturated rings. The highest BCUT2D eigenvalue weighted by Gasteiger charge is 2.09. The summed E-state index contributed by atoms with van der Waals surface area (Å²) in [5.74, 6) is -0.828. The minimum atomic E-state index is -0.828. The van der Waals surface area contributed by atoms with Gasteiger partial charge in [-0.3, -0.25) is 10.1 Å². The highest BCUT2D eigenvalue weighted by molar-refractivity contribution is 7.11. The van der Waals surface area contributed by atoms with Gasteiger partial charge in [0.15, 0.2) is 0 Å². The molecule has 2 N–H and O–H groups in total. The van der Waals surface area contributed by atoms with Gasteiger partial charge in [-0.1, -0.05) is 6.92 Å². The summed E-state index contributed by atoms with van der Waals surface area (Å²) in [6.07, 6.45) is 2.73. The first-order valence-electron chi connectivity index (χ1n) is 4.53. The summed E-state index contributed by atoms with van der Waals surface area (Å²) >= 11 is 1.62. The average Bonchev–Trinajstić information content (AvgIpc) is 2.61. The van der Waals surface area contributed by atoms with Gasteiger partial charge in [0.25, 0.3) is 0 Å². The van der Waals surface area contributed by atoms with Gasteiger partial charge in [0.1, 0.15) is 6.04 Å². The average molecular weight is 214 g/mol. The molecule has 1 heterocycles. The zero-order chi connectivity index (χ0) is 10.6. The third-order valence-corrected chi connectivity index (χ3v) is 3.00. The van der Waals surface area contributed by atoms with Gasteiger partial charge >= 0.3 is 5.97 Å². The Morgan fingerprint density at radius 1 is 1.79 bits per heavy atom. The molecule has 0 aliphatic rings. The number of aromatic nitrogens is 1. The molecule has 0 aromatic carbocycles. The van der Waals surface area contributed by atoms with E-state index in [-0.39, 0.29) is 0 Å². The molecule has 4 nitrogen and oxygen atoms in total. The molecule has 1 aromatic rings. The molecule has 0 amide bonds. The van der Waals surface area contributed by atoms with E-state index in [0.29, 0.717) is 6.54 Å². The van der Waals surface area contributed by atoms with E-state index in [2.05, 4.69) is 17.2 Å². The van der Waals surface area contributed by atoms with Crippen molar-refractivity contribution < 1.29 is 9.90 Å². The van der Waals surface area contributed by atoms with Crippen LogP contribution in [-0.2, 0) is 17.8 Å². The first-order valence-corrected chi connectivity index (χ1v) is 5.35. The van der Waals surface area contributed by atoms with E-state index in [9.17, 15) is 4.79 Å². The van der Waals surface area contributed by atoms with Gasteiger partial charge in [0, 0.05) is 17.6 Å². The number of hydrogen-bond acceptors (Lipinski definition) is 4. The molecule has 5 heteroatoms. The normalized spacial score (nSPS) is 12.7. The molecule has 0 aliphatic heterocycles. The van der Waals surface area contributed by atoms with Crippen LogP contribution in [0.1, 0.15) is 23.7 Å². The molecule has 0 bridgehead atoms. The highest BCUT2D eigenvalue weighted by atomic mass is 32.1. The summed E-state index contributed by atoms with van der Waals surface area (Å²) in [5, 5.41) is 12.6. The molecule has 0 saturated carbocycles. The van der Waals surface area contributed by atoms with Crippen molar-refractivity contribution in [3.8, 4) is 0 Å². The number of thiazole rings is 1. The second kappa shape index (κ2) is 5.07. The smallest absolute Gasteiger partial charge is 0.320 e. The first kappa shape index (κ1) is 11.1. The molecule has 1 unspecified atom stereocenters. The van der Waals surface area contributed by atoms with E-state index in [4.69, 9.17) is 5.11 Å². The summed E-state index contributed by atoms with van der Waals surface area (Å²) < 4.78 is 0. The number of rotatable bonds is 5. The maximum absolute atomic E-state index is 10.5. The van der Waals surface area contributed by atoms with Crippen molar-refractivity contribution in [2.75, 3.05) is 0 Å². The third-order valence-electron chi connectivity index (χ3n) is 1.86. The van der Waals surface area contributed by atoms with Crippen molar-refractivity contribution in [2.24, 2.45) is 0 Å². The number of carbonyl (C=O) groups is 1. The molecule has 0 radical (unpaired) electrons. The van der Waals surface area contributed by atoms with Crippen LogP contribution in [0, 0.1) is 0 Å². The lowest BCUT2D eigenvalue weighted by molar-refractivity contribution is -0.139. The lowest BCUT2D eigenvalue weighted by atomic mass is 10.3. The minimum Gasteiger partial charge on any atom is -0.480 e. The van der Waals surface area contributed by atoms with E-state index in [1.54, 1.807) is 24.5 Å². The molecule has 14 heavy (non-hydrogen) atoms. The molecule has 1 atom stereocenters. The van der Waals surface area contributed by atoms with Gasteiger partial charge in [0.2, 0.25) is 0 Å². The Labute approximate surface area is 87.0 Å². The maximum atomic E-state index is 10.5. The van der Waals surface area contributed by atoms with Crippen molar-refractivity contribution in [1.82, 2.24) is 10.3 Å². The summed E-state index contributed by atoms with van der Waals surface area (Å²) in [7, 11) is 0. The van der Waals surface area contributed by atoms with Crippen molar-refractivity contribution >= 4 is 17.3 Å². The highest BCUT2D eigenvalue weighted by Crippen LogP contribution is 2.12. The molecular weight excluding hydrogens is 200 g/mol. The van der Waals surface area contributed by atoms with Gasteiger partial charge in [0.05, 0.1) is 5.01 Å². The topological polar surface area (TPSA) is 62.2 Å². The SMILES string of the molecule is CCc1ncc(CNC(C)C(=O)O)s1. The third kappa shape index (κ3) is 3.08. The summed E-state index contributed by atoms with van der Waals surface area (Å²) in [6, 6.07) is -0.512. The predicted octanol–water partition coefficient (Wildman–Crippen LogP) is 1.27. The van der Waals surface area contributed by atoms with E-state index in [1.165, 1.54) is 0 Å². The number of aliphatic carboxylic acids is 1. The van der Waals surface area contributed by atoms with Crippen LogP contribution in [-0.4, -0.2) is 22.1 Å². The van der Waals surface area contributed by atoms with Gasteiger partial charge < -0.3 is 5.11 Å². The van der Waals surface area contributed by atoms with Crippen molar-refractivity contribution in [3.63, 3.8) is 0 Å². The van der Waals surface area contributed by atoms with Crippen LogP contribution < -0.4 is 5.32 Å². The Morgan fingerprint density at radius 3 is 3.00 bits per heavy atom. The molecule has 0 spiro atoms. The molecular formula is C9H14N2O2S. The molecule has 1 rings (SSSR count). The zero-order valence-electron chi connectivity index (χ0n) is 8.28. The fraction of sp³-hybridized carbons (Fsp3) is 0.556. The van der Waals surface area contributed by atoms with Gasteiger partial charge in [-0.2, -0.15) is 0 Å². The number of carboxylic acid groups (broad SMARTS) is 1. The lowest BCUT2D eigenvalue weighted by Gasteiger charge is -2.06. The minimum absolute atomic E-state index is 0.512. The second-order valence-corrected chi connectivity index (χ2v) is 4.21. The standard InChI is InChI=1S/C9H14N2O2S/c1-3-8-11-5-7(14-8)4-10-6(2)9(12)13/h5-6,10H,3-4H2,1-2H3,(H,12,13). The molecule has 1 aromatic heterocycles. The zero-order valence-corrected chi connectivity index (χ0v) is 9.10. The van der Waals surface area contributed by atoms with Crippen LogP contribution in [0.3, 0.4) is 0 Å². The van der Waals surface area contributed by atoms with Crippen LogP contribution in [0.2, 0.25) is 0 Å². The monoisotopic (exact) mass is 214 g/mol. The van der Waals surface area contributed by atoms with Gasteiger partial charge in [-0.25, -0.2) is 4.98 Å². The van der Waals surface area contributed by atoms with Gasteiger partial charge in [-0.15, -0.1) is 11.3 Å². The summed E-state index contributed by atoms with van der Waals surface area (Å²) in [6.45, 7) is 4.26. The Hall–Kier alpha value is -0.940. The number of nitrogens with one attached hydrogen (secondary N) is 1. The summed E-state index contributed by atoms with van der Waals surface area (Å²) in [5.41, 5.74) is 0. The Morgan fingerprint density at radius 2 is 2.50 bits per heavy atom. The second-order valence-electron chi connectivity index (χ2n) is 3.01. The fourth-order valence-corrected chi connectivity index (χ4v) is 1.75. The van der Waals surface area contributed by atoms with Crippen molar-refractivity contribution in [3.05, 3.63) is 16.1 Å². The number of carboxylic acids is 1. The number of aryl methyl sites for hydroxylation is 1. The quantitative estimate of drug-likeness (QED) is 0.774. The van der Waals surface area contributed by atoms with Crippen LogP contribution >= 0.6 is 11.3 Å². The van der Waals surface area contributed by atoms with E-state index in [1.807, 2.05) is 0 Å². The van der Waals surface area contributed by atoms with Crippen LogP contribution in [0.4, 0.5) is 0 Å². The molecule has 78 valence electrons. The predicted molar refractivity (Wildman–Crippen MR) is 55.4 cm³/mol. The Bertz CT molecular complexity index is 312. The van der Waals surface area contributed by atoms with Crippen molar-refractivity contribution in [1.29, 1.82) is 0 Å². The first-order chi connectivity index (χ1) is 6.63. The van der Waals surface area contributed by atoms with Gasteiger partial charge in [-0.05, 0) is 13.3 Å². The number of hydrogen-bond donors (Lipinski definition) is 2. The van der Waals surface area contributed by atoms with Crippen LogP contribution in [0.5, 0.6) is 0 Å². The number of nitrogens with zero attached hydrogens (tertiary/aromatic N) is 1. The lowest BCUT2D eigenvalue weighted by Crippen LogP contribution is -2.32. The maximum Gasteiger partial charge on any atom is 0.320 e. The molecule has 0 aliphatic carbocycles. The van der Waals surface area contributed by atoms with E-state index < -0.39 is 12.0 Å². The van der Waals surface area contributed by atoms with Crippen molar-refractivity contribution in [2.45, 2.75) is 32.9 Å². The van der Waals surface area contributed by atoms with E-state index >= 15 is 0 Å². The Balaban J connectivity index is 2.41. The Kier molecular flexibility index (Phi) is 4.03. The summed E-state index contributed by atoms with van der Waals surface area (Å²) in [4.78, 5) is 15.8.